The van der Waals surface area contributed by atoms with Crippen molar-refractivity contribution < 1.29 is 18.9 Å². The normalized spacial score (nSPS) is 12.4. The first-order valence-electron chi connectivity index (χ1n) is 6.41. The first kappa shape index (κ1) is 16.2. The summed E-state index contributed by atoms with van der Waals surface area (Å²) >= 11 is 5.79. The van der Waals surface area contributed by atoms with Crippen LogP contribution in [0.2, 0.25) is 5.02 Å². The van der Waals surface area contributed by atoms with Gasteiger partial charge in [0.1, 0.15) is 5.75 Å². The molecule has 0 heterocycles. The first-order chi connectivity index (χ1) is 9.22. The molecule has 0 saturated heterocycles. The molecule has 0 aliphatic rings. The molecule has 0 spiro atoms. The summed E-state index contributed by atoms with van der Waals surface area (Å²) in [6.45, 7) is 6.73. The highest BCUT2D eigenvalue weighted by Gasteiger charge is 2.03. The first-order valence-corrected chi connectivity index (χ1v) is 6.79. The zero-order valence-corrected chi connectivity index (χ0v) is 12.2. The van der Waals surface area contributed by atoms with Crippen molar-refractivity contribution in [1.29, 1.82) is 0 Å². The van der Waals surface area contributed by atoms with Crippen LogP contribution in [0.25, 0.3) is 0 Å². The zero-order valence-electron chi connectivity index (χ0n) is 11.4. The summed E-state index contributed by atoms with van der Waals surface area (Å²) in [6, 6.07) is 7.17. The van der Waals surface area contributed by atoms with E-state index in [1.54, 1.807) is 24.3 Å². The summed E-state index contributed by atoms with van der Waals surface area (Å²) in [5, 5.41) is 0.684. The number of rotatable bonds is 10. The fourth-order valence-corrected chi connectivity index (χ4v) is 1.50. The van der Waals surface area contributed by atoms with Crippen molar-refractivity contribution in [3.63, 3.8) is 0 Å². The van der Waals surface area contributed by atoms with Crippen molar-refractivity contribution >= 4 is 11.6 Å². The van der Waals surface area contributed by atoms with Crippen LogP contribution in [-0.4, -0.2) is 39.3 Å². The summed E-state index contributed by atoms with van der Waals surface area (Å²) in [5.74, 6) is 0.731. The minimum absolute atomic E-state index is 0.323. The molecule has 0 N–H and O–H groups in total. The summed E-state index contributed by atoms with van der Waals surface area (Å²) in [7, 11) is 0. The molecule has 0 aliphatic carbocycles. The Kier molecular flexibility index (Phi) is 8.58. The zero-order chi connectivity index (χ0) is 13.9. The minimum atomic E-state index is -0.323. The molecule has 0 amide bonds. The molecule has 0 aliphatic heterocycles. The van der Waals surface area contributed by atoms with E-state index in [4.69, 9.17) is 30.5 Å². The molecule has 0 fully saturated rings. The predicted octanol–water partition coefficient (Wildman–Crippen LogP) is 3.13. The SMILES string of the molecule is CCOCCOCCO[C@@H](C)Oc1ccc(Cl)cc1. The molecule has 1 atom stereocenters. The Morgan fingerprint density at radius 2 is 1.63 bits per heavy atom. The van der Waals surface area contributed by atoms with E-state index in [2.05, 4.69) is 0 Å². The lowest BCUT2D eigenvalue weighted by molar-refractivity contribution is -0.0859. The van der Waals surface area contributed by atoms with Gasteiger partial charge in [-0.15, -0.1) is 0 Å². The van der Waals surface area contributed by atoms with Crippen molar-refractivity contribution in [2.24, 2.45) is 0 Å². The Morgan fingerprint density at radius 1 is 1.00 bits per heavy atom. The molecule has 1 aromatic rings. The van der Waals surface area contributed by atoms with Crippen LogP contribution in [-0.2, 0) is 14.2 Å². The van der Waals surface area contributed by atoms with Gasteiger partial charge in [-0.1, -0.05) is 11.6 Å². The van der Waals surface area contributed by atoms with Gasteiger partial charge in [0.25, 0.3) is 0 Å². The smallest absolute Gasteiger partial charge is 0.197 e. The fourth-order valence-electron chi connectivity index (χ4n) is 1.38. The Hall–Kier alpha value is -0.810. The van der Waals surface area contributed by atoms with Crippen LogP contribution >= 0.6 is 11.6 Å². The van der Waals surface area contributed by atoms with E-state index >= 15 is 0 Å². The molecule has 4 nitrogen and oxygen atoms in total. The Balaban J connectivity index is 2.04. The van der Waals surface area contributed by atoms with Crippen molar-refractivity contribution in [2.45, 2.75) is 20.1 Å². The third kappa shape index (κ3) is 8.06. The van der Waals surface area contributed by atoms with Crippen molar-refractivity contribution in [1.82, 2.24) is 0 Å². The number of halogens is 1. The molecular formula is C14H21ClO4. The average Bonchev–Trinajstić information content (AvgIpc) is 2.40. The lowest BCUT2D eigenvalue weighted by Crippen LogP contribution is -2.19. The predicted molar refractivity (Wildman–Crippen MR) is 74.8 cm³/mol. The van der Waals surface area contributed by atoms with E-state index in [1.807, 2.05) is 13.8 Å². The van der Waals surface area contributed by atoms with E-state index in [9.17, 15) is 0 Å². The maximum atomic E-state index is 5.79. The second-order valence-corrected chi connectivity index (χ2v) is 4.26. The van der Waals surface area contributed by atoms with E-state index in [-0.39, 0.29) is 6.29 Å². The van der Waals surface area contributed by atoms with Gasteiger partial charge in [-0.05, 0) is 38.1 Å². The number of benzene rings is 1. The summed E-state index contributed by atoms with van der Waals surface area (Å²) in [6.07, 6.45) is -0.323. The van der Waals surface area contributed by atoms with Crippen LogP contribution in [0.5, 0.6) is 5.75 Å². The van der Waals surface area contributed by atoms with E-state index in [0.717, 1.165) is 5.75 Å². The van der Waals surface area contributed by atoms with Crippen LogP contribution in [0.15, 0.2) is 24.3 Å². The average molecular weight is 289 g/mol. The van der Waals surface area contributed by atoms with E-state index < -0.39 is 0 Å². The fraction of sp³-hybridized carbons (Fsp3) is 0.571. The van der Waals surface area contributed by atoms with Gasteiger partial charge in [0, 0.05) is 11.6 Å². The highest BCUT2D eigenvalue weighted by molar-refractivity contribution is 6.30. The Morgan fingerprint density at radius 3 is 2.32 bits per heavy atom. The van der Waals surface area contributed by atoms with Crippen molar-refractivity contribution in [3.8, 4) is 5.75 Å². The number of hydrogen-bond donors (Lipinski definition) is 0. The lowest BCUT2D eigenvalue weighted by Gasteiger charge is -2.15. The van der Waals surface area contributed by atoms with Crippen LogP contribution < -0.4 is 4.74 Å². The van der Waals surface area contributed by atoms with Gasteiger partial charge >= 0.3 is 0 Å². The Bertz CT molecular complexity index is 329. The van der Waals surface area contributed by atoms with Crippen LogP contribution in [0.4, 0.5) is 0 Å². The molecule has 5 heteroatoms. The maximum Gasteiger partial charge on any atom is 0.197 e. The number of ether oxygens (including phenoxy) is 4. The van der Waals surface area contributed by atoms with E-state index in [0.29, 0.717) is 38.1 Å². The van der Waals surface area contributed by atoms with Gasteiger partial charge in [0.05, 0.1) is 26.4 Å². The molecule has 0 aromatic heterocycles. The molecular weight excluding hydrogens is 268 g/mol. The largest absolute Gasteiger partial charge is 0.465 e. The van der Waals surface area contributed by atoms with Crippen LogP contribution in [0.1, 0.15) is 13.8 Å². The third-order valence-corrected chi connectivity index (χ3v) is 2.52. The second kappa shape index (κ2) is 10.0. The second-order valence-electron chi connectivity index (χ2n) is 3.82. The van der Waals surface area contributed by atoms with Gasteiger partial charge in [0.2, 0.25) is 0 Å². The standard InChI is InChI=1S/C14H21ClO4/c1-3-16-8-9-17-10-11-18-12(2)19-14-6-4-13(15)5-7-14/h4-7,12H,3,8-11H2,1-2H3/t12-/m1/s1. The van der Waals surface area contributed by atoms with Gasteiger partial charge in [0.15, 0.2) is 6.29 Å². The molecule has 0 saturated carbocycles. The van der Waals surface area contributed by atoms with Gasteiger partial charge in [-0.3, -0.25) is 0 Å². The quantitative estimate of drug-likeness (QED) is 0.490. The number of hydrogen-bond acceptors (Lipinski definition) is 4. The monoisotopic (exact) mass is 288 g/mol. The molecule has 0 unspecified atom stereocenters. The molecule has 19 heavy (non-hydrogen) atoms. The highest BCUT2D eigenvalue weighted by Crippen LogP contribution is 2.16. The van der Waals surface area contributed by atoms with E-state index in [1.165, 1.54) is 0 Å². The van der Waals surface area contributed by atoms with Gasteiger partial charge in [-0.25, -0.2) is 0 Å². The van der Waals surface area contributed by atoms with Crippen molar-refractivity contribution in [2.75, 3.05) is 33.0 Å². The summed E-state index contributed by atoms with van der Waals surface area (Å²) in [4.78, 5) is 0. The summed E-state index contributed by atoms with van der Waals surface area (Å²) in [5.41, 5.74) is 0. The highest BCUT2D eigenvalue weighted by atomic mass is 35.5. The lowest BCUT2D eigenvalue weighted by atomic mass is 10.3. The molecule has 108 valence electrons. The molecule has 0 bridgehead atoms. The van der Waals surface area contributed by atoms with Crippen LogP contribution in [0.3, 0.4) is 0 Å². The molecule has 0 radical (unpaired) electrons. The molecule has 1 aromatic carbocycles. The van der Waals surface area contributed by atoms with Gasteiger partial charge < -0.3 is 18.9 Å². The van der Waals surface area contributed by atoms with Crippen LogP contribution in [0, 0.1) is 0 Å². The van der Waals surface area contributed by atoms with Crippen molar-refractivity contribution in [3.05, 3.63) is 29.3 Å². The third-order valence-electron chi connectivity index (χ3n) is 2.27. The molecule has 1 rings (SSSR count). The summed E-state index contributed by atoms with van der Waals surface area (Å²) < 4.78 is 21.5. The van der Waals surface area contributed by atoms with Gasteiger partial charge in [-0.2, -0.15) is 0 Å². The topological polar surface area (TPSA) is 36.9 Å². The Labute approximate surface area is 119 Å². The maximum absolute atomic E-state index is 5.79. The minimum Gasteiger partial charge on any atom is -0.465 e.